The molecule has 0 radical (unpaired) electrons. The van der Waals surface area contributed by atoms with Crippen molar-refractivity contribution in [2.45, 2.75) is 32.9 Å². The number of aromatic nitrogens is 4. The van der Waals surface area contributed by atoms with Gasteiger partial charge in [0.25, 0.3) is 0 Å². The first kappa shape index (κ1) is 23.9. The van der Waals surface area contributed by atoms with Crippen LogP contribution in [0.4, 0.5) is 29.1 Å². The molecular formula is C25H33N9O2. The van der Waals surface area contributed by atoms with Gasteiger partial charge in [-0.05, 0) is 44.2 Å². The number of amides is 1. The number of benzene rings is 1. The lowest BCUT2D eigenvalue weighted by molar-refractivity contribution is -0.133. The molecule has 0 unspecified atom stereocenters. The Morgan fingerprint density at radius 1 is 1.03 bits per heavy atom. The Labute approximate surface area is 210 Å². The van der Waals surface area contributed by atoms with Crippen LogP contribution in [0, 0.1) is 0 Å². The van der Waals surface area contributed by atoms with Crippen molar-refractivity contribution in [1.82, 2.24) is 24.6 Å². The summed E-state index contributed by atoms with van der Waals surface area (Å²) in [6, 6.07) is 12.2. The third kappa shape index (κ3) is 4.92. The molecule has 0 spiro atoms. The van der Waals surface area contributed by atoms with Gasteiger partial charge in [-0.3, -0.25) is 4.79 Å². The van der Waals surface area contributed by atoms with Crippen LogP contribution in [0.1, 0.15) is 20.8 Å². The zero-order valence-corrected chi connectivity index (χ0v) is 21.0. The van der Waals surface area contributed by atoms with Crippen molar-refractivity contribution in [3.63, 3.8) is 0 Å². The summed E-state index contributed by atoms with van der Waals surface area (Å²) >= 11 is 0. The molecule has 4 heterocycles. The molecular weight excluding hydrogens is 458 g/mol. The van der Waals surface area contributed by atoms with Gasteiger partial charge in [0, 0.05) is 68.8 Å². The number of pyridine rings is 1. The number of piperazine rings is 1. The fourth-order valence-electron chi connectivity index (χ4n) is 5.12. The lowest BCUT2D eigenvalue weighted by Crippen LogP contribution is -2.58. The van der Waals surface area contributed by atoms with Crippen molar-refractivity contribution >= 4 is 35.0 Å². The standard InChI is InChI=1S/C25H33N9O2/c1-17-15-32(16-18(2)33(17)19(3)35)23-14-22(8-9-27-23)34-24(26)29-25(30-34)28-20-4-6-21(7-5-20)31-10-12-36-13-11-31/h4-9,14,17-18H,10-13,15-16H2,1-3H3,(H3,26,28,29,30)/t17-,18+. The van der Waals surface area contributed by atoms with Crippen molar-refractivity contribution < 1.29 is 9.53 Å². The van der Waals surface area contributed by atoms with Gasteiger partial charge in [-0.2, -0.15) is 9.67 Å². The number of carbonyl (C=O) groups is 1. The molecule has 2 fully saturated rings. The number of hydrogen-bond acceptors (Lipinski definition) is 9. The molecule has 2 aliphatic heterocycles. The van der Waals surface area contributed by atoms with Crippen molar-refractivity contribution in [3.8, 4) is 5.69 Å². The van der Waals surface area contributed by atoms with E-state index in [9.17, 15) is 4.79 Å². The largest absolute Gasteiger partial charge is 0.378 e. The third-order valence-electron chi connectivity index (χ3n) is 6.71. The number of nitrogens with two attached hydrogens (primary N) is 1. The number of morpholine rings is 1. The highest BCUT2D eigenvalue weighted by Gasteiger charge is 2.31. The van der Waals surface area contributed by atoms with Crippen LogP contribution in [0.15, 0.2) is 42.6 Å². The molecule has 3 N–H and O–H groups in total. The molecule has 36 heavy (non-hydrogen) atoms. The summed E-state index contributed by atoms with van der Waals surface area (Å²) in [5.74, 6) is 1.62. The first-order valence-electron chi connectivity index (χ1n) is 12.3. The fourth-order valence-corrected chi connectivity index (χ4v) is 5.12. The molecule has 3 aromatic rings. The number of nitrogens with one attached hydrogen (secondary N) is 1. The van der Waals surface area contributed by atoms with E-state index >= 15 is 0 Å². The number of nitrogens with zero attached hydrogens (tertiary/aromatic N) is 7. The maximum atomic E-state index is 12.0. The van der Waals surface area contributed by atoms with E-state index in [1.165, 1.54) is 5.69 Å². The van der Waals surface area contributed by atoms with Crippen LogP contribution < -0.4 is 20.9 Å². The average molecular weight is 492 g/mol. The summed E-state index contributed by atoms with van der Waals surface area (Å²) in [5, 5.41) is 7.82. The Morgan fingerprint density at radius 3 is 2.39 bits per heavy atom. The van der Waals surface area contributed by atoms with Gasteiger partial charge in [0.2, 0.25) is 17.8 Å². The van der Waals surface area contributed by atoms with E-state index in [1.807, 2.05) is 29.2 Å². The predicted molar refractivity (Wildman–Crippen MR) is 140 cm³/mol. The van der Waals surface area contributed by atoms with Crippen LogP contribution in [-0.2, 0) is 9.53 Å². The molecule has 2 atom stereocenters. The minimum atomic E-state index is 0.0959. The summed E-state index contributed by atoms with van der Waals surface area (Å²) in [7, 11) is 0. The number of carbonyl (C=O) groups excluding carboxylic acids is 1. The lowest BCUT2D eigenvalue weighted by atomic mass is 10.1. The molecule has 2 aliphatic rings. The Morgan fingerprint density at radius 2 is 1.72 bits per heavy atom. The third-order valence-corrected chi connectivity index (χ3v) is 6.71. The maximum absolute atomic E-state index is 12.0. The number of anilines is 5. The highest BCUT2D eigenvalue weighted by Crippen LogP contribution is 2.25. The van der Waals surface area contributed by atoms with E-state index in [1.54, 1.807) is 17.8 Å². The second kappa shape index (κ2) is 10.0. The van der Waals surface area contributed by atoms with E-state index in [-0.39, 0.29) is 23.9 Å². The quantitative estimate of drug-likeness (QED) is 0.554. The number of rotatable bonds is 5. The average Bonchev–Trinajstić information content (AvgIpc) is 3.24. The van der Waals surface area contributed by atoms with Crippen LogP contribution >= 0.6 is 0 Å². The van der Waals surface area contributed by atoms with Crippen LogP contribution in [0.5, 0.6) is 0 Å². The topological polar surface area (TPSA) is 118 Å². The Balaban J connectivity index is 1.30. The lowest BCUT2D eigenvalue weighted by Gasteiger charge is -2.44. The summed E-state index contributed by atoms with van der Waals surface area (Å²) < 4.78 is 7.04. The number of ether oxygens (including phenoxy) is 1. The van der Waals surface area contributed by atoms with Gasteiger partial charge < -0.3 is 30.5 Å². The van der Waals surface area contributed by atoms with E-state index in [0.29, 0.717) is 19.0 Å². The van der Waals surface area contributed by atoms with Gasteiger partial charge in [-0.1, -0.05) is 0 Å². The van der Waals surface area contributed by atoms with Crippen LogP contribution in [-0.4, -0.2) is 82.0 Å². The second-order valence-electron chi connectivity index (χ2n) is 9.38. The van der Waals surface area contributed by atoms with Gasteiger partial charge in [-0.15, -0.1) is 5.10 Å². The summed E-state index contributed by atoms with van der Waals surface area (Å²) in [6.45, 7) is 10.5. The first-order chi connectivity index (χ1) is 17.4. The second-order valence-corrected chi connectivity index (χ2v) is 9.38. The molecule has 0 aliphatic carbocycles. The number of hydrogen-bond donors (Lipinski definition) is 2. The van der Waals surface area contributed by atoms with E-state index in [2.05, 4.69) is 56.2 Å². The van der Waals surface area contributed by atoms with Crippen LogP contribution in [0.25, 0.3) is 5.69 Å². The minimum Gasteiger partial charge on any atom is -0.378 e. The maximum Gasteiger partial charge on any atom is 0.248 e. The van der Waals surface area contributed by atoms with Crippen molar-refractivity contribution in [2.24, 2.45) is 0 Å². The molecule has 1 aromatic carbocycles. The van der Waals surface area contributed by atoms with Crippen molar-refractivity contribution in [3.05, 3.63) is 42.6 Å². The fraction of sp³-hybridized carbons (Fsp3) is 0.440. The Bertz CT molecular complexity index is 1190. The SMILES string of the molecule is CC(=O)N1[C@H](C)CN(c2cc(-n3nc(Nc4ccc(N5CCOCC5)cc4)nc3N)ccn2)C[C@@H]1C. The first-order valence-corrected chi connectivity index (χ1v) is 12.3. The summed E-state index contributed by atoms with van der Waals surface area (Å²) in [5.41, 5.74) is 9.04. The van der Waals surface area contributed by atoms with Crippen molar-refractivity contribution in [2.75, 3.05) is 60.2 Å². The van der Waals surface area contributed by atoms with E-state index in [4.69, 9.17) is 10.5 Å². The highest BCUT2D eigenvalue weighted by atomic mass is 16.5. The minimum absolute atomic E-state index is 0.0959. The zero-order valence-electron chi connectivity index (χ0n) is 21.0. The summed E-state index contributed by atoms with van der Waals surface area (Å²) in [6.07, 6.45) is 1.75. The van der Waals surface area contributed by atoms with E-state index in [0.717, 1.165) is 43.5 Å². The molecule has 11 nitrogen and oxygen atoms in total. The molecule has 190 valence electrons. The van der Waals surface area contributed by atoms with Gasteiger partial charge in [-0.25, -0.2) is 4.98 Å². The number of nitrogen functional groups attached to an aromatic ring is 1. The molecule has 0 saturated carbocycles. The summed E-state index contributed by atoms with van der Waals surface area (Å²) in [4.78, 5) is 27.4. The predicted octanol–water partition coefficient (Wildman–Crippen LogP) is 2.27. The zero-order chi connectivity index (χ0) is 25.2. The molecule has 0 bridgehead atoms. The molecule has 5 rings (SSSR count). The normalized spacial score (nSPS) is 20.5. The highest BCUT2D eigenvalue weighted by molar-refractivity contribution is 5.74. The Kier molecular flexibility index (Phi) is 6.64. The van der Waals surface area contributed by atoms with Crippen molar-refractivity contribution in [1.29, 1.82) is 0 Å². The smallest absolute Gasteiger partial charge is 0.248 e. The van der Waals surface area contributed by atoms with Crippen LogP contribution in [0.2, 0.25) is 0 Å². The van der Waals surface area contributed by atoms with Gasteiger partial charge >= 0.3 is 0 Å². The van der Waals surface area contributed by atoms with Gasteiger partial charge in [0.05, 0.1) is 18.9 Å². The van der Waals surface area contributed by atoms with Gasteiger partial charge in [0.15, 0.2) is 0 Å². The molecule has 2 saturated heterocycles. The monoisotopic (exact) mass is 491 g/mol. The molecule has 11 heteroatoms. The van der Waals surface area contributed by atoms with Gasteiger partial charge in [0.1, 0.15) is 5.82 Å². The van der Waals surface area contributed by atoms with Crippen LogP contribution in [0.3, 0.4) is 0 Å². The van der Waals surface area contributed by atoms with E-state index < -0.39 is 0 Å². The Hall–Kier alpha value is -3.86. The molecule has 2 aromatic heterocycles. The molecule has 1 amide bonds.